The van der Waals surface area contributed by atoms with Gasteiger partial charge in [-0.15, -0.1) is 0 Å². The van der Waals surface area contributed by atoms with E-state index >= 15 is 0 Å². The van der Waals surface area contributed by atoms with Gasteiger partial charge in [0, 0.05) is 49.1 Å². The Morgan fingerprint density at radius 2 is 2.19 bits per heavy atom. The predicted octanol–water partition coefficient (Wildman–Crippen LogP) is 2.09. The van der Waals surface area contributed by atoms with E-state index in [4.69, 9.17) is 11.1 Å². The topological polar surface area (TPSA) is 103 Å². The molecule has 0 bridgehead atoms. The molecular weight excluding hydrogens is 326 g/mol. The second kappa shape index (κ2) is 8.40. The Labute approximate surface area is 153 Å². The van der Waals surface area contributed by atoms with Gasteiger partial charge in [-0.25, -0.2) is 0 Å². The monoisotopic (exact) mass is 349 g/mol. The van der Waals surface area contributed by atoms with Gasteiger partial charge in [-0.2, -0.15) is 0 Å². The first kappa shape index (κ1) is 17.8. The van der Waals surface area contributed by atoms with Crippen LogP contribution >= 0.6 is 0 Å². The predicted molar refractivity (Wildman–Crippen MR) is 106 cm³/mol. The van der Waals surface area contributed by atoms with Gasteiger partial charge in [0.1, 0.15) is 0 Å². The lowest BCUT2D eigenvalue weighted by Crippen LogP contribution is -2.23. The highest BCUT2D eigenvalue weighted by molar-refractivity contribution is 6.01. The number of carbonyl (C=O) groups is 1. The van der Waals surface area contributed by atoms with Crippen molar-refractivity contribution in [3.63, 3.8) is 0 Å². The highest BCUT2D eigenvalue weighted by atomic mass is 16.1. The second-order valence-electron chi connectivity index (χ2n) is 6.22. The molecule has 26 heavy (non-hydrogen) atoms. The van der Waals surface area contributed by atoms with Crippen molar-refractivity contribution in [2.75, 3.05) is 18.4 Å². The third-order valence-electron chi connectivity index (χ3n) is 4.53. The average molecular weight is 349 g/mol. The van der Waals surface area contributed by atoms with Crippen LogP contribution < -0.4 is 16.4 Å². The maximum Gasteiger partial charge on any atom is 0.248 e. The third kappa shape index (κ3) is 4.15. The third-order valence-corrected chi connectivity index (χ3v) is 4.53. The Hall–Kier alpha value is -2.99. The largest absolute Gasteiger partial charge is 0.404 e. The summed E-state index contributed by atoms with van der Waals surface area (Å²) in [6, 6.07) is 6.02. The number of benzene rings is 1. The fraction of sp³-hybridized carbons (Fsp3) is 0.250. The van der Waals surface area contributed by atoms with Crippen LogP contribution in [0.3, 0.4) is 0 Å². The summed E-state index contributed by atoms with van der Waals surface area (Å²) in [4.78, 5) is 16.5. The molecule has 0 saturated carbocycles. The molecule has 0 atom stereocenters. The molecule has 0 unspecified atom stereocenters. The highest BCUT2D eigenvalue weighted by Crippen LogP contribution is 2.21. The summed E-state index contributed by atoms with van der Waals surface area (Å²) in [7, 11) is 0. The lowest BCUT2D eigenvalue weighted by Gasteiger charge is -2.17. The summed E-state index contributed by atoms with van der Waals surface area (Å²) in [5.74, 6) is -0.196. The molecule has 2 heterocycles. The number of hydrogen-bond acceptors (Lipinski definition) is 5. The number of aliphatic imine (C=N–C) groups is 1. The number of hydrogen-bond donors (Lipinski definition) is 4. The Bertz CT molecular complexity index is 833. The molecule has 1 aromatic carbocycles. The van der Waals surface area contributed by atoms with E-state index in [1.807, 2.05) is 12.1 Å². The average Bonchev–Trinajstić information content (AvgIpc) is 2.68. The molecule has 0 aromatic heterocycles. The lowest BCUT2D eigenvalue weighted by atomic mass is 9.96. The first-order valence-corrected chi connectivity index (χ1v) is 8.68. The minimum Gasteiger partial charge on any atom is -0.404 e. The molecule has 6 heteroatoms. The molecule has 2 aliphatic rings. The van der Waals surface area contributed by atoms with Gasteiger partial charge >= 0.3 is 0 Å². The van der Waals surface area contributed by atoms with Gasteiger partial charge in [0.05, 0.1) is 0 Å². The smallest absolute Gasteiger partial charge is 0.248 e. The van der Waals surface area contributed by atoms with Crippen molar-refractivity contribution in [3.05, 3.63) is 64.4 Å². The molecule has 2 aliphatic heterocycles. The Morgan fingerprint density at radius 1 is 1.31 bits per heavy atom. The number of anilines is 1. The van der Waals surface area contributed by atoms with Gasteiger partial charge in [0.2, 0.25) is 5.91 Å². The van der Waals surface area contributed by atoms with Crippen molar-refractivity contribution in [3.8, 4) is 0 Å². The van der Waals surface area contributed by atoms with Gasteiger partial charge in [-0.1, -0.05) is 6.07 Å². The quantitative estimate of drug-likeness (QED) is 0.483. The summed E-state index contributed by atoms with van der Waals surface area (Å²) < 4.78 is 0. The molecule has 1 amide bonds. The van der Waals surface area contributed by atoms with Crippen LogP contribution in [0.25, 0.3) is 0 Å². The van der Waals surface area contributed by atoms with E-state index in [1.54, 1.807) is 12.3 Å². The van der Waals surface area contributed by atoms with Crippen LogP contribution in [0.1, 0.15) is 17.5 Å². The maximum absolute atomic E-state index is 12.3. The van der Waals surface area contributed by atoms with Gasteiger partial charge in [0.25, 0.3) is 0 Å². The standard InChI is InChI=1S/C20H23N5O/c21-10-17(11-22)19-6-8-24-13-16(19)2-4-20(26)25-18-3-1-15-12-23-7-5-14(15)9-18/h1-4,9-11,13,21,23H,5-8,12,22H2,(H,25,26)/b4-2+,17-11+,21-10?. The molecule has 0 aliphatic carbocycles. The van der Waals surface area contributed by atoms with Gasteiger partial charge in [0.15, 0.2) is 0 Å². The van der Waals surface area contributed by atoms with Crippen LogP contribution in [-0.2, 0) is 17.8 Å². The number of allylic oxidation sites excluding steroid dienone is 3. The number of nitrogens with one attached hydrogen (secondary N) is 3. The van der Waals surface area contributed by atoms with Crippen molar-refractivity contribution in [2.24, 2.45) is 10.7 Å². The Balaban J connectivity index is 1.72. The molecule has 0 fully saturated rings. The second-order valence-corrected chi connectivity index (χ2v) is 6.22. The summed E-state index contributed by atoms with van der Waals surface area (Å²) in [5, 5.41) is 13.7. The van der Waals surface area contributed by atoms with Gasteiger partial charge in [-0.05, 0) is 59.9 Å². The SMILES string of the molecule is N=C/C(=C\N)C1=C(/C=C/C(=O)Nc2ccc3c(c2)CCNC3)C=NCC1. The van der Waals surface area contributed by atoms with E-state index in [2.05, 4.69) is 21.7 Å². The van der Waals surface area contributed by atoms with Gasteiger partial charge < -0.3 is 21.8 Å². The van der Waals surface area contributed by atoms with Crippen LogP contribution in [0, 0.1) is 5.41 Å². The number of nitrogens with zero attached hydrogens (tertiary/aromatic N) is 1. The summed E-state index contributed by atoms with van der Waals surface area (Å²) in [6.07, 6.45) is 9.26. The minimum atomic E-state index is -0.196. The fourth-order valence-electron chi connectivity index (χ4n) is 3.16. The molecule has 6 nitrogen and oxygen atoms in total. The number of amides is 1. The van der Waals surface area contributed by atoms with Crippen LogP contribution in [0.15, 0.2) is 58.3 Å². The summed E-state index contributed by atoms with van der Waals surface area (Å²) in [5.41, 5.74) is 11.3. The van der Waals surface area contributed by atoms with Crippen molar-refractivity contribution in [2.45, 2.75) is 19.4 Å². The number of dihydropyridines is 1. The minimum absolute atomic E-state index is 0.196. The number of nitrogens with two attached hydrogens (primary N) is 1. The van der Waals surface area contributed by atoms with Crippen LogP contribution in [-0.4, -0.2) is 31.4 Å². The molecule has 3 rings (SSSR count). The zero-order valence-corrected chi connectivity index (χ0v) is 14.6. The van der Waals surface area contributed by atoms with E-state index < -0.39 is 0 Å². The number of rotatable bonds is 5. The first-order valence-electron chi connectivity index (χ1n) is 8.68. The summed E-state index contributed by atoms with van der Waals surface area (Å²) in [6.45, 7) is 2.50. The zero-order chi connectivity index (χ0) is 18.4. The summed E-state index contributed by atoms with van der Waals surface area (Å²) >= 11 is 0. The molecule has 1 aromatic rings. The van der Waals surface area contributed by atoms with Crippen molar-refractivity contribution in [1.29, 1.82) is 5.41 Å². The van der Waals surface area contributed by atoms with E-state index in [1.165, 1.54) is 29.6 Å². The molecule has 0 radical (unpaired) electrons. The Morgan fingerprint density at radius 3 is 3.00 bits per heavy atom. The van der Waals surface area contributed by atoms with Gasteiger partial charge in [-0.3, -0.25) is 9.79 Å². The van der Waals surface area contributed by atoms with Crippen LogP contribution in [0.2, 0.25) is 0 Å². The molecule has 5 N–H and O–H groups in total. The number of carbonyl (C=O) groups excluding carboxylic acids is 1. The molecule has 0 saturated heterocycles. The van der Waals surface area contributed by atoms with Crippen molar-refractivity contribution in [1.82, 2.24) is 5.32 Å². The molecule has 134 valence electrons. The van der Waals surface area contributed by atoms with E-state index in [0.717, 1.165) is 36.3 Å². The zero-order valence-electron chi connectivity index (χ0n) is 14.6. The highest BCUT2D eigenvalue weighted by Gasteiger charge is 2.12. The maximum atomic E-state index is 12.3. The van der Waals surface area contributed by atoms with Crippen molar-refractivity contribution < 1.29 is 4.79 Å². The molecule has 0 spiro atoms. The van der Waals surface area contributed by atoms with Crippen LogP contribution in [0.4, 0.5) is 5.69 Å². The first-order chi connectivity index (χ1) is 12.7. The van der Waals surface area contributed by atoms with Crippen LogP contribution in [0.5, 0.6) is 0 Å². The van der Waals surface area contributed by atoms with E-state index in [-0.39, 0.29) is 5.91 Å². The lowest BCUT2D eigenvalue weighted by molar-refractivity contribution is -0.111. The van der Waals surface area contributed by atoms with E-state index in [9.17, 15) is 4.79 Å². The number of fused-ring (bicyclic) bond motifs is 1. The molecular formula is C20H23N5O. The van der Waals surface area contributed by atoms with Crippen molar-refractivity contribution >= 4 is 24.0 Å². The van der Waals surface area contributed by atoms with E-state index in [0.29, 0.717) is 18.5 Å². The normalized spacial score (nSPS) is 17.3. The fourth-order valence-corrected chi connectivity index (χ4v) is 3.16. The Kier molecular flexibility index (Phi) is 5.76.